The lowest BCUT2D eigenvalue weighted by Crippen LogP contribution is -2.42. The van der Waals surface area contributed by atoms with E-state index in [2.05, 4.69) is 15.4 Å². The highest BCUT2D eigenvalue weighted by Gasteiger charge is 2.25. The Morgan fingerprint density at radius 2 is 1.96 bits per heavy atom. The predicted octanol–water partition coefficient (Wildman–Crippen LogP) is 2.77. The number of morpholine rings is 1. The van der Waals surface area contributed by atoms with E-state index in [0.717, 1.165) is 24.4 Å². The number of benzene rings is 2. The molecule has 0 bridgehead atoms. The van der Waals surface area contributed by atoms with E-state index < -0.39 is 11.7 Å². The largest absolute Gasteiger partial charge is 0.484 e. The molecule has 1 aliphatic heterocycles. The number of hydrogen-bond acceptors (Lipinski definition) is 5. The Balaban J connectivity index is 1.63. The first-order valence-electron chi connectivity index (χ1n) is 9.21. The average molecular weight is 385 g/mol. The van der Waals surface area contributed by atoms with Crippen molar-refractivity contribution in [1.29, 1.82) is 0 Å². The molecule has 0 aromatic heterocycles. The number of hydrogen-bond donors (Lipinski definition) is 1. The summed E-state index contributed by atoms with van der Waals surface area (Å²) >= 11 is 0. The standard InChI is InChI=1S/C21H24FN3O3/c1-16(23-24-20(26)15-28-19-9-5-8-18(22)14-19)21(17-6-3-2-4-7-17)25-10-12-27-13-11-25/h2-9,14,21H,10-13,15H2,1H3,(H,24,26)/b23-16-/t21-/m0/s1. The molecule has 0 aliphatic carbocycles. The molecule has 7 heteroatoms. The van der Waals surface area contributed by atoms with E-state index in [-0.39, 0.29) is 12.6 Å². The highest BCUT2D eigenvalue weighted by atomic mass is 19.1. The summed E-state index contributed by atoms with van der Waals surface area (Å²) in [4.78, 5) is 14.4. The zero-order valence-corrected chi connectivity index (χ0v) is 15.8. The first kappa shape index (κ1) is 20.0. The van der Waals surface area contributed by atoms with Gasteiger partial charge in [-0.05, 0) is 24.6 Å². The van der Waals surface area contributed by atoms with Crippen LogP contribution >= 0.6 is 0 Å². The Hall–Kier alpha value is -2.77. The van der Waals surface area contributed by atoms with E-state index in [4.69, 9.17) is 9.47 Å². The van der Waals surface area contributed by atoms with Crippen molar-refractivity contribution in [3.8, 4) is 5.75 Å². The van der Waals surface area contributed by atoms with Gasteiger partial charge in [-0.1, -0.05) is 36.4 Å². The van der Waals surface area contributed by atoms with Crippen molar-refractivity contribution >= 4 is 11.6 Å². The number of amides is 1. The van der Waals surface area contributed by atoms with Crippen molar-refractivity contribution in [3.05, 3.63) is 66.0 Å². The highest BCUT2D eigenvalue weighted by molar-refractivity contribution is 5.90. The maximum atomic E-state index is 13.2. The van der Waals surface area contributed by atoms with E-state index in [9.17, 15) is 9.18 Å². The lowest BCUT2D eigenvalue weighted by atomic mass is 10.0. The van der Waals surface area contributed by atoms with Crippen LogP contribution in [-0.2, 0) is 9.53 Å². The van der Waals surface area contributed by atoms with Gasteiger partial charge < -0.3 is 9.47 Å². The number of rotatable bonds is 7. The van der Waals surface area contributed by atoms with Gasteiger partial charge in [0.15, 0.2) is 6.61 Å². The number of nitrogens with zero attached hydrogens (tertiary/aromatic N) is 2. The van der Waals surface area contributed by atoms with Crippen molar-refractivity contribution < 1.29 is 18.7 Å². The molecule has 2 aromatic rings. The summed E-state index contributed by atoms with van der Waals surface area (Å²) in [5.74, 6) is -0.522. The van der Waals surface area contributed by atoms with Crippen molar-refractivity contribution in [2.24, 2.45) is 5.10 Å². The molecule has 148 valence electrons. The summed E-state index contributed by atoms with van der Waals surface area (Å²) in [6, 6.07) is 15.7. The third-order valence-corrected chi connectivity index (χ3v) is 4.44. The smallest absolute Gasteiger partial charge is 0.277 e. The predicted molar refractivity (Wildman–Crippen MR) is 105 cm³/mol. The van der Waals surface area contributed by atoms with Crippen LogP contribution in [0.4, 0.5) is 4.39 Å². The summed E-state index contributed by atoms with van der Waals surface area (Å²) in [6.45, 7) is 4.58. The van der Waals surface area contributed by atoms with Crippen LogP contribution in [0.5, 0.6) is 5.75 Å². The summed E-state index contributed by atoms with van der Waals surface area (Å²) < 4.78 is 23.9. The van der Waals surface area contributed by atoms with Gasteiger partial charge in [0.2, 0.25) is 0 Å². The first-order valence-corrected chi connectivity index (χ1v) is 9.21. The second kappa shape index (κ2) is 9.96. The maximum absolute atomic E-state index is 13.2. The normalized spacial score (nSPS) is 16.4. The molecule has 1 heterocycles. The molecule has 1 N–H and O–H groups in total. The molecule has 28 heavy (non-hydrogen) atoms. The third-order valence-electron chi connectivity index (χ3n) is 4.44. The van der Waals surface area contributed by atoms with Gasteiger partial charge in [0.1, 0.15) is 11.6 Å². The molecule has 3 rings (SSSR count). The molecule has 0 radical (unpaired) electrons. The SMILES string of the molecule is C/C(=N/NC(=O)COc1cccc(F)c1)[C@@H](c1ccccc1)N1CCOCC1. The monoisotopic (exact) mass is 385 g/mol. The van der Waals surface area contributed by atoms with Crippen molar-refractivity contribution in [2.75, 3.05) is 32.9 Å². The summed E-state index contributed by atoms with van der Waals surface area (Å²) in [7, 11) is 0. The maximum Gasteiger partial charge on any atom is 0.277 e. The second-order valence-electron chi connectivity index (χ2n) is 6.50. The minimum atomic E-state index is -0.414. The van der Waals surface area contributed by atoms with Crippen LogP contribution in [0, 0.1) is 5.82 Å². The molecule has 1 saturated heterocycles. The minimum Gasteiger partial charge on any atom is -0.484 e. The number of carbonyl (C=O) groups is 1. The Labute approximate surface area is 163 Å². The number of ether oxygens (including phenoxy) is 2. The van der Waals surface area contributed by atoms with E-state index in [0.29, 0.717) is 19.0 Å². The minimum absolute atomic E-state index is 0.0467. The molecule has 0 spiro atoms. The van der Waals surface area contributed by atoms with Crippen LogP contribution in [0.1, 0.15) is 18.5 Å². The molecule has 1 aliphatic rings. The molecular formula is C21H24FN3O3. The first-order chi connectivity index (χ1) is 13.6. The van der Waals surface area contributed by atoms with Gasteiger partial charge in [-0.2, -0.15) is 5.10 Å². The number of halogens is 1. The van der Waals surface area contributed by atoms with Crippen LogP contribution in [0.15, 0.2) is 59.7 Å². The zero-order chi connectivity index (χ0) is 19.8. The summed E-state index contributed by atoms with van der Waals surface area (Å²) in [6.07, 6.45) is 0. The van der Waals surface area contributed by atoms with Crippen LogP contribution in [-0.4, -0.2) is 49.4 Å². The topological polar surface area (TPSA) is 63.2 Å². The van der Waals surface area contributed by atoms with Gasteiger partial charge in [0.25, 0.3) is 5.91 Å². The fourth-order valence-electron chi connectivity index (χ4n) is 3.14. The van der Waals surface area contributed by atoms with E-state index in [1.54, 1.807) is 6.07 Å². The van der Waals surface area contributed by atoms with E-state index in [1.165, 1.54) is 18.2 Å². The van der Waals surface area contributed by atoms with Gasteiger partial charge in [-0.25, -0.2) is 9.82 Å². The highest BCUT2D eigenvalue weighted by Crippen LogP contribution is 2.23. The molecule has 1 atom stereocenters. The fourth-order valence-corrected chi connectivity index (χ4v) is 3.14. The number of carbonyl (C=O) groups excluding carboxylic acids is 1. The van der Waals surface area contributed by atoms with Crippen LogP contribution in [0.2, 0.25) is 0 Å². The third kappa shape index (κ3) is 5.61. The number of hydrazone groups is 1. The van der Waals surface area contributed by atoms with E-state index in [1.807, 2.05) is 37.3 Å². The van der Waals surface area contributed by atoms with Crippen LogP contribution in [0.3, 0.4) is 0 Å². The van der Waals surface area contributed by atoms with Crippen molar-refractivity contribution in [2.45, 2.75) is 13.0 Å². The van der Waals surface area contributed by atoms with Gasteiger partial charge in [0, 0.05) is 19.2 Å². The Bertz CT molecular complexity index is 808. The lowest BCUT2D eigenvalue weighted by Gasteiger charge is -2.34. The van der Waals surface area contributed by atoms with E-state index >= 15 is 0 Å². The molecule has 1 amide bonds. The van der Waals surface area contributed by atoms with Gasteiger partial charge in [-0.15, -0.1) is 0 Å². The van der Waals surface area contributed by atoms with Gasteiger partial charge in [-0.3, -0.25) is 9.69 Å². The van der Waals surface area contributed by atoms with Gasteiger partial charge >= 0.3 is 0 Å². The number of nitrogens with one attached hydrogen (secondary N) is 1. The molecule has 2 aromatic carbocycles. The Morgan fingerprint density at radius 3 is 2.68 bits per heavy atom. The molecule has 1 fully saturated rings. The Morgan fingerprint density at radius 1 is 1.21 bits per heavy atom. The second-order valence-corrected chi connectivity index (χ2v) is 6.50. The van der Waals surface area contributed by atoms with Crippen LogP contribution in [0.25, 0.3) is 0 Å². The lowest BCUT2D eigenvalue weighted by molar-refractivity contribution is -0.123. The van der Waals surface area contributed by atoms with Gasteiger partial charge in [0.05, 0.1) is 25.0 Å². The van der Waals surface area contributed by atoms with Crippen molar-refractivity contribution in [1.82, 2.24) is 10.3 Å². The van der Waals surface area contributed by atoms with Crippen molar-refractivity contribution in [3.63, 3.8) is 0 Å². The van der Waals surface area contributed by atoms with Crippen LogP contribution < -0.4 is 10.2 Å². The quantitative estimate of drug-likeness (QED) is 0.588. The zero-order valence-electron chi connectivity index (χ0n) is 15.8. The molecule has 0 unspecified atom stereocenters. The summed E-state index contributed by atoms with van der Waals surface area (Å²) in [5, 5.41) is 4.29. The molecule has 0 saturated carbocycles. The summed E-state index contributed by atoms with van der Waals surface area (Å²) in [5.41, 5.74) is 4.41. The fraction of sp³-hybridized carbons (Fsp3) is 0.333. The average Bonchev–Trinajstić information content (AvgIpc) is 2.72. The Kier molecular flexibility index (Phi) is 7.11. The molecular weight excluding hydrogens is 361 g/mol. The molecule has 6 nitrogen and oxygen atoms in total.